The van der Waals surface area contributed by atoms with E-state index in [0.717, 1.165) is 0 Å². The molecule has 6 nitrogen and oxygen atoms in total. The molecule has 1 amide bonds. The Kier molecular flexibility index (Phi) is 4.16. The van der Waals surface area contributed by atoms with Gasteiger partial charge in [0.2, 0.25) is 15.7 Å². The highest BCUT2D eigenvalue weighted by Gasteiger charge is 2.34. The predicted octanol–water partition coefficient (Wildman–Crippen LogP) is 0.103. The van der Waals surface area contributed by atoms with Crippen molar-refractivity contribution in [2.75, 3.05) is 26.3 Å². The molecule has 1 fully saturated rings. The van der Waals surface area contributed by atoms with Crippen molar-refractivity contribution in [1.82, 2.24) is 9.88 Å². The van der Waals surface area contributed by atoms with Gasteiger partial charge in [0.15, 0.2) is 5.03 Å². The summed E-state index contributed by atoms with van der Waals surface area (Å²) < 4.78 is 29.7. The number of carbonyl (C=O) groups excluding carboxylic acids is 1. The maximum Gasteiger partial charge on any atom is 0.241 e. The Morgan fingerprint density at radius 1 is 1.37 bits per heavy atom. The summed E-state index contributed by atoms with van der Waals surface area (Å²) in [6, 6.07) is 4.62. The number of pyridine rings is 1. The summed E-state index contributed by atoms with van der Waals surface area (Å²) in [6.07, 6.45) is 1.40. The van der Waals surface area contributed by atoms with Gasteiger partial charge in [0, 0.05) is 19.3 Å². The van der Waals surface area contributed by atoms with Gasteiger partial charge in [0.1, 0.15) is 5.25 Å². The summed E-state index contributed by atoms with van der Waals surface area (Å²) in [5, 5.41) is -1.19. The van der Waals surface area contributed by atoms with Gasteiger partial charge >= 0.3 is 0 Å². The molecular formula is C12H16N2O4S. The Morgan fingerprint density at radius 2 is 2.05 bits per heavy atom. The zero-order valence-corrected chi connectivity index (χ0v) is 11.5. The summed E-state index contributed by atoms with van der Waals surface area (Å²) in [5.41, 5.74) is 0. The first-order valence-corrected chi connectivity index (χ1v) is 7.59. The van der Waals surface area contributed by atoms with Crippen LogP contribution in [0.2, 0.25) is 0 Å². The van der Waals surface area contributed by atoms with E-state index in [1.165, 1.54) is 24.1 Å². The molecule has 2 heterocycles. The van der Waals surface area contributed by atoms with Gasteiger partial charge in [-0.2, -0.15) is 0 Å². The van der Waals surface area contributed by atoms with Crippen molar-refractivity contribution >= 4 is 15.7 Å². The number of morpholine rings is 1. The first-order chi connectivity index (χ1) is 9.03. The van der Waals surface area contributed by atoms with Crippen LogP contribution in [0, 0.1) is 0 Å². The lowest BCUT2D eigenvalue weighted by Crippen LogP contribution is -2.47. The standard InChI is InChI=1S/C12H16N2O4S/c1-10(12(15)14-6-8-18-9-7-14)19(16,17)11-4-2-3-5-13-11/h2-5,10H,6-9H2,1H3/t10-/m1/s1. The molecule has 1 aliphatic rings. The van der Waals surface area contributed by atoms with Crippen LogP contribution in [0.15, 0.2) is 29.4 Å². The minimum absolute atomic E-state index is 0.0656. The van der Waals surface area contributed by atoms with Crippen molar-refractivity contribution in [2.45, 2.75) is 17.2 Å². The smallest absolute Gasteiger partial charge is 0.241 e. The van der Waals surface area contributed by atoms with E-state index in [9.17, 15) is 13.2 Å². The minimum atomic E-state index is -3.73. The molecule has 0 unspecified atom stereocenters. The Bertz CT molecular complexity index is 538. The summed E-state index contributed by atoms with van der Waals surface area (Å²) in [7, 11) is -3.73. The second kappa shape index (κ2) is 5.66. The van der Waals surface area contributed by atoms with Crippen LogP contribution in [-0.4, -0.2) is 55.8 Å². The molecule has 1 saturated heterocycles. The summed E-state index contributed by atoms with van der Waals surface area (Å²) in [6.45, 7) is 3.16. The van der Waals surface area contributed by atoms with Gasteiger partial charge in [-0.1, -0.05) is 6.07 Å². The summed E-state index contributed by atoms with van der Waals surface area (Å²) >= 11 is 0. The number of nitrogens with zero attached hydrogens (tertiary/aromatic N) is 2. The summed E-state index contributed by atoms with van der Waals surface area (Å²) in [5.74, 6) is -0.394. The first-order valence-electron chi connectivity index (χ1n) is 6.05. The monoisotopic (exact) mass is 284 g/mol. The first kappa shape index (κ1) is 14.0. The van der Waals surface area contributed by atoms with Crippen molar-refractivity contribution in [3.8, 4) is 0 Å². The van der Waals surface area contributed by atoms with Crippen LogP contribution >= 0.6 is 0 Å². The zero-order chi connectivity index (χ0) is 13.9. The largest absolute Gasteiger partial charge is 0.378 e. The van der Waals surface area contributed by atoms with Gasteiger partial charge < -0.3 is 9.64 Å². The SMILES string of the molecule is C[C@H](C(=O)N1CCOCC1)S(=O)(=O)c1ccccn1. The van der Waals surface area contributed by atoms with Crippen LogP contribution < -0.4 is 0 Å². The fourth-order valence-electron chi connectivity index (χ4n) is 1.87. The van der Waals surface area contributed by atoms with Crippen LogP contribution in [-0.2, 0) is 19.4 Å². The third kappa shape index (κ3) is 2.93. The lowest BCUT2D eigenvalue weighted by molar-refractivity contribution is -0.134. The number of amides is 1. The van der Waals surface area contributed by atoms with Crippen molar-refractivity contribution in [1.29, 1.82) is 0 Å². The van der Waals surface area contributed by atoms with Crippen LogP contribution in [0.1, 0.15) is 6.92 Å². The Hall–Kier alpha value is -1.47. The molecule has 19 heavy (non-hydrogen) atoms. The highest BCUT2D eigenvalue weighted by Crippen LogP contribution is 2.15. The fourth-order valence-corrected chi connectivity index (χ4v) is 3.12. The van der Waals surface area contributed by atoms with Crippen LogP contribution in [0.5, 0.6) is 0 Å². The van der Waals surface area contributed by atoms with E-state index in [-0.39, 0.29) is 5.03 Å². The van der Waals surface area contributed by atoms with Crippen molar-refractivity contribution in [3.63, 3.8) is 0 Å². The van der Waals surface area contributed by atoms with E-state index in [1.54, 1.807) is 12.1 Å². The third-order valence-corrected chi connectivity index (χ3v) is 5.02. The van der Waals surface area contributed by atoms with Crippen LogP contribution in [0.3, 0.4) is 0 Å². The number of sulfone groups is 1. The Labute approximate surface area is 112 Å². The maximum atomic E-state index is 12.3. The molecular weight excluding hydrogens is 268 g/mol. The second-order valence-electron chi connectivity index (χ2n) is 4.29. The van der Waals surface area contributed by atoms with Gasteiger partial charge in [-0.3, -0.25) is 4.79 Å². The van der Waals surface area contributed by atoms with Crippen molar-refractivity contribution in [3.05, 3.63) is 24.4 Å². The van der Waals surface area contributed by atoms with E-state index in [4.69, 9.17) is 4.74 Å². The lowest BCUT2D eigenvalue weighted by Gasteiger charge is -2.28. The van der Waals surface area contributed by atoms with Crippen molar-refractivity contribution in [2.24, 2.45) is 0 Å². The molecule has 0 saturated carbocycles. The quantitative estimate of drug-likeness (QED) is 0.787. The molecule has 0 radical (unpaired) electrons. The van der Waals surface area contributed by atoms with Gasteiger partial charge in [-0.25, -0.2) is 13.4 Å². The highest BCUT2D eigenvalue weighted by atomic mass is 32.2. The Morgan fingerprint density at radius 3 is 2.63 bits per heavy atom. The third-order valence-electron chi connectivity index (χ3n) is 3.07. The average molecular weight is 284 g/mol. The minimum Gasteiger partial charge on any atom is -0.378 e. The lowest BCUT2D eigenvalue weighted by atomic mass is 10.3. The number of rotatable bonds is 3. The second-order valence-corrected chi connectivity index (χ2v) is 6.51. The molecule has 0 spiro atoms. The Balaban J connectivity index is 2.18. The number of hydrogen-bond donors (Lipinski definition) is 0. The van der Waals surface area contributed by atoms with Gasteiger partial charge in [0.05, 0.1) is 13.2 Å². The van der Waals surface area contributed by atoms with E-state index in [0.29, 0.717) is 26.3 Å². The molecule has 0 aliphatic carbocycles. The number of hydrogen-bond acceptors (Lipinski definition) is 5. The molecule has 104 valence electrons. The van der Waals surface area contributed by atoms with Crippen LogP contribution in [0.25, 0.3) is 0 Å². The van der Waals surface area contributed by atoms with E-state index < -0.39 is 21.0 Å². The van der Waals surface area contributed by atoms with Crippen LogP contribution in [0.4, 0.5) is 0 Å². The number of carbonyl (C=O) groups is 1. The number of ether oxygens (including phenoxy) is 1. The van der Waals surface area contributed by atoms with Gasteiger partial charge in [0.25, 0.3) is 0 Å². The summed E-state index contributed by atoms with van der Waals surface area (Å²) in [4.78, 5) is 17.5. The molecule has 7 heteroatoms. The van der Waals surface area contributed by atoms with E-state index >= 15 is 0 Å². The molecule has 1 aromatic rings. The van der Waals surface area contributed by atoms with Crippen molar-refractivity contribution < 1.29 is 17.9 Å². The van der Waals surface area contributed by atoms with E-state index in [2.05, 4.69) is 4.98 Å². The average Bonchev–Trinajstić information content (AvgIpc) is 2.47. The van der Waals surface area contributed by atoms with Gasteiger partial charge in [-0.05, 0) is 19.1 Å². The van der Waals surface area contributed by atoms with E-state index in [1.807, 2.05) is 0 Å². The molecule has 1 aliphatic heterocycles. The van der Waals surface area contributed by atoms with Gasteiger partial charge in [-0.15, -0.1) is 0 Å². The molecule has 1 aromatic heterocycles. The molecule has 2 rings (SSSR count). The molecule has 1 atom stereocenters. The topological polar surface area (TPSA) is 76.6 Å². The molecule has 0 aromatic carbocycles. The fraction of sp³-hybridized carbons (Fsp3) is 0.500. The number of aromatic nitrogens is 1. The normalized spacial score (nSPS) is 18.1. The highest BCUT2D eigenvalue weighted by molar-refractivity contribution is 7.92. The maximum absolute atomic E-state index is 12.3. The molecule has 0 bridgehead atoms. The predicted molar refractivity (Wildman–Crippen MR) is 68.3 cm³/mol. The zero-order valence-electron chi connectivity index (χ0n) is 10.7. The molecule has 0 N–H and O–H groups in total.